The van der Waals surface area contributed by atoms with Crippen molar-refractivity contribution in [3.05, 3.63) is 52.6 Å². The van der Waals surface area contributed by atoms with Crippen LogP contribution in [-0.2, 0) is 16.1 Å². The lowest BCUT2D eigenvalue weighted by Crippen LogP contribution is -2.25. The van der Waals surface area contributed by atoms with Crippen LogP contribution < -0.4 is 5.32 Å². The van der Waals surface area contributed by atoms with Crippen LogP contribution in [0.2, 0.25) is 0 Å². The zero-order chi connectivity index (χ0) is 12.5. The number of hydrogen-bond acceptors (Lipinski definition) is 3. The molecule has 0 bridgehead atoms. The minimum absolute atomic E-state index is 0.350. The van der Waals surface area contributed by atoms with Crippen molar-refractivity contribution in [3.63, 3.8) is 0 Å². The second kappa shape index (κ2) is 4.31. The smallest absolute Gasteiger partial charge is 0.333 e. The molecule has 0 aromatic heterocycles. The number of ether oxygens (including phenoxy) is 1. The molecule has 0 amide bonds. The number of rotatable bonds is 1. The van der Waals surface area contributed by atoms with Crippen molar-refractivity contribution in [1.82, 2.24) is 5.32 Å². The van der Waals surface area contributed by atoms with E-state index >= 15 is 0 Å². The maximum absolute atomic E-state index is 11.0. The fraction of sp³-hybridized carbons (Fsp3) is 0.214. The molecule has 3 rings (SSSR count). The molecule has 0 saturated heterocycles. The molecule has 2 aliphatic heterocycles. The normalized spacial score (nSPS) is 18.1. The molecule has 0 fully saturated rings. The number of carboxylic acid groups (broad SMARTS) is 1. The van der Waals surface area contributed by atoms with Gasteiger partial charge in [0, 0.05) is 23.4 Å². The highest BCUT2D eigenvalue weighted by molar-refractivity contribution is 5.90. The Morgan fingerprint density at radius 2 is 2.11 bits per heavy atom. The molecule has 1 aromatic rings. The van der Waals surface area contributed by atoms with Crippen molar-refractivity contribution < 1.29 is 14.6 Å². The summed E-state index contributed by atoms with van der Waals surface area (Å²) in [6.45, 7) is 1.34. The number of fused-ring (bicyclic) bond motifs is 2. The first kappa shape index (κ1) is 11.0. The zero-order valence-electron chi connectivity index (χ0n) is 9.77. The van der Waals surface area contributed by atoms with Gasteiger partial charge in [0.05, 0.1) is 18.8 Å². The highest BCUT2D eigenvalue weighted by atomic mass is 16.5. The van der Waals surface area contributed by atoms with Gasteiger partial charge in [0.15, 0.2) is 0 Å². The van der Waals surface area contributed by atoms with Crippen LogP contribution in [0, 0.1) is 0 Å². The average molecular weight is 243 g/mol. The molecule has 0 radical (unpaired) electrons. The Balaban J connectivity index is 2.11. The maximum Gasteiger partial charge on any atom is 0.333 e. The number of carboxylic acids is 1. The standard InChI is InChI=1S/C14H13NO3/c16-14(17)10-5-11-8-18-7-9-3-1-2-4-12(9)13(11)15-6-10/h1-5,15H,6-8H2,(H,16,17). The summed E-state index contributed by atoms with van der Waals surface area (Å²) in [7, 11) is 0. The van der Waals surface area contributed by atoms with Gasteiger partial charge in [-0.3, -0.25) is 0 Å². The number of nitrogens with one attached hydrogen (secondary N) is 1. The highest BCUT2D eigenvalue weighted by Crippen LogP contribution is 2.28. The first-order chi connectivity index (χ1) is 8.75. The monoisotopic (exact) mass is 243 g/mol. The molecule has 4 nitrogen and oxygen atoms in total. The highest BCUT2D eigenvalue weighted by Gasteiger charge is 2.22. The van der Waals surface area contributed by atoms with E-state index in [0.717, 1.165) is 22.4 Å². The van der Waals surface area contributed by atoms with Gasteiger partial charge in [-0.25, -0.2) is 4.79 Å². The van der Waals surface area contributed by atoms with Gasteiger partial charge in [0.1, 0.15) is 0 Å². The minimum atomic E-state index is -0.883. The predicted octanol–water partition coefficient (Wildman–Crippen LogP) is 1.54. The second-order valence-electron chi connectivity index (χ2n) is 4.38. The second-order valence-corrected chi connectivity index (χ2v) is 4.38. The Kier molecular flexibility index (Phi) is 2.64. The van der Waals surface area contributed by atoms with Crippen LogP contribution in [0.1, 0.15) is 11.1 Å². The Labute approximate surface area is 105 Å². The molecule has 2 aliphatic rings. The van der Waals surface area contributed by atoms with Gasteiger partial charge in [-0.2, -0.15) is 0 Å². The lowest BCUT2D eigenvalue weighted by Gasteiger charge is -2.19. The predicted molar refractivity (Wildman–Crippen MR) is 66.7 cm³/mol. The molecule has 18 heavy (non-hydrogen) atoms. The molecular formula is C14H13NO3. The van der Waals surface area contributed by atoms with Gasteiger partial charge in [0.25, 0.3) is 0 Å². The average Bonchev–Trinajstić information content (AvgIpc) is 2.57. The number of carbonyl (C=O) groups is 1. The third-order valence-electron chi connectivity index (χ3n) is 3.20. The van der Waals surface area contributed by atoms with E-state index in [0.29, 0.717) is 25.3 Å². The fourth-order valence-electron chi connectivity index (χ4n) is 2.31. The first-order valence-corrected chi connectivity index (χ1v) is 5.82. The molecule has 0 atom stereocenters. The quantitative estimate of drug-likeness (QED) is 0.785. The summed E-state index contributed by atoms with van der Waals surface area (Å²) < 4.78 is 5.58. The Morgan fingerprint density at radius 3 is 2.94 bits per heavy atom. The third kappa shape index (κ3) is 1.80. The van der Waals surface area contributed by atoms with Crippen LogP contribution in [0.3, 0.4) is 0 Å². The molecule has 0 unspecified atom stereocenters. The zero-order valence-corrected chi connectivity index (χ0v) is 9.77. The summed E-state index contributed by atoms with van der Waals surface area (Å²) in [5.41, 5.74) is 4.50. The Bertz CT molecular complexity index is 572. The van der Waals surface area contributed by atoms with Gasteiger partial charge >= 0.3 is 5.97 Å². The lowest BCUT2D eigenvalue weighted by molar-refractivity contribution is -0.132. The molecule has 2 N–H and O–H groups in total. The van der Waals surface area contributed by atoms with Crippen molar-refractivity contribution in [2.24, 2.45) is 0 Å². The SMILES string of the molecule is O=C(O)C1=CC2=C(NC1)c1ccccc1COC2. The summed E-state index contributed by atoms with van der Waals surface area (Å²) in [5, 5.41) is 12.2. The van der Waals surface area contributed by atoms with E-state index in [4.69, 9.17) is 9.84 Å². The van der Waals surface area contributed by atoms with Crippen molar-refractivity contribution >= 4 is 11.7 Å². The van der Waals surface area contributed by atoms with Crippen LogP contribution in [0.25, 0.3) is 5.70 Å². The van der Waals surface area contributed by atoms with Gasteiger partial charge in [-0.05, 0) is 11.6 Å². The van der Waals surface area contributed by atoms with E-state index in [1.54, 1.807) is 6.08 Å². The molecule has 1 aromatic carbocycles. The van der Waals surface area contributed by atoms with Crippen LogP contribution >= 0.6 is 0 Å². The Morgan fingerprint density at radius 1 is 1.28 bits per heavy atom. The molecular weight excluding hydrogens is 230 g/mol. The molecule has 4 heteroatoms. The number of hydrogen-bond donors (Lipinski definition) is 2. The van der Waals surface area contributed by atoms with E-state index < -0.39 is 5.97 Å². The molecule has 0 aliphatic carbocycles. The number of benzene rings is 1. The van der Waals surface area contributed by atoms with Crippen molar-refractivity contribution in [2.45, 2.75) is 6.61 Å². The van der Waals surface area contributed by atoms with Crippen molar-refractivity contribution in [3.8, 4) is 0 Å². The summed E-state index contributed by atoms with van der Waals surface area (Å²) in [4.78, 5) is 11.0. The fourth-order valence-corrected chi connectivity index (χ4v) is 2.31. The van der Waals surface area contributed by atoms with Gasteiger partial charge in [-0.15, -0.1) is 0 Å². The lowest BCUT2D eigenvalue weighted by atomic mass is 9.98. The molecule has 0 spiro atoms. The van der Waals surface area contributed by atoms with E-state index in [9.17, 15) is 4.79 Å². The van der Waals surface area contributed by atoms with E-state index in [-0.39, 0.29) is 0 Å². The van der Waals surface area contributed by atoms with Gasteiger partial charge < -0.3 is 15.2 Å². The largest absolute Gasteiger partial charge is 0.478 e. The topological polar surface area (TPSA) is 58.6 Å². The van der Waals surface area contributed by atoms with Crippen LogP contribution in [0.4, 0.5) is 0 Å². The van der Waals surface area contributed by atoms with E-state index in [1.165, 1.54) is 0 Å². The van der Waals surface area contributed by atoms with Gasteiger partial charge in [-0.1, -0.05) is 24.3 Å². The summed E-state index contributed by atoms with van der Waals surface area (Å²) in [6.07, 6.45) is 1.72. The molecule has 0 saturated carbocycles. The van der Waals surface area contributed by atoms with Crippen molar-refractivity contribution in [2.75, 3.05) is 13.2 Å². The maximum atomic E-state index is 11.0. The van der Waals surface area contributed by atoms with Crippen LogP contribution in [0.15, 0.2) is 41.5 Å². The van der Waals surface area contributed by atoms with Gasteiger partial charge in [0.2, 0.25) is 0 Å². The van der Waals surface area contributed by atoms with E-state index in [2.05, 4.69) is 5.32 Å². The Hall–Kier alpha value is -2.07. The molecule has 2 heterocycles. The summed E-state index contributed by atoms with van der Waals surface area (Å²) >= 11 is 0. The first-order valence-electron chi connectivity index (χ1n) is 5.82. The molecule has 92 valence electrons. The van der Waals surface area contributed by atoms with Crippen LogP contribution in [-0.4, -0.2) is 24.2 Å². The summed E-state index contributed by atoms with van der Waals surface area (Å²) in [6, 6.07) is 8.03. The number of dihydropyridines is 1. The van der Waals surface area contributed by atoms with Crippen molar-refractivity contribution in [1.29, 1.82) is 0 Å². The third-order valence-corrected chi connectivity index (χ3v) is 3.20. The number of aliphatic carboxylic acids is 1. The summed E-state index contributed by atoms with van der Waals surface area (Å²) in [5.74, 6) is -0.883. The van der Waals surface area contributed by atoms with Crippen LogP contribution in [0.5, 0.6) is 0 Å². The minimum Gasteiger partial charge on any atom is -0.478 e. The van der Waals surface area contributed by atoms with E-state index in [1.807, 2.05) is 24.3 Å².